The van der Waals surface area contributed by atoms with Crippen molar-refractivity contribution in [3.8, 4) is 11.3 Å². The fourth-order valence-corrected chi connectivity index (χ4v) is 10.9. The number of nitrogens with zero attached hydrogens (tertiary/aromatic N) is 1. The van der Waals surface area contributed by atoms with E-state index in [4.69, 9.17) is 4.98 Å². The van der Waals surface area contributed by atoms with Crippen LogP contribution in [0, 0.1) is 41.6 Å². The number of allylic oxidation sites excluding steroid dienone is 2. The van der Waals surface area contributed by atoms with Gasteiger partial charge >= 0.3 is 0 Å². The zero-order valence-corrected chi connectivity index (χ0v) is 36.8. The SMILES string of the molecule is CC(C)(C)c1cc(-c2[c-]ccc3c2C(C)(C)C2c4ccccc4SC32)nc2ccccc12.CC(C)C(C(=O)/C=C(\O)C(C(C)C)C(C)C)C(C)C.[Ir]. The van der Waals surface area contributed by atoms with Crippen LogP contribution in [-0.2, 0) is 35.7 Å². The number of aliphatic hydroxyl groups is 1. The molecule has 3 aromatic carbocycles. The Labute approximate surface area is 332 Å². The summed E-state index contributed by atoms with van der Waals surface area (Å²) in [5, 5.41) is 12.0. The molecule has 0 saturated heterocycles. The van der Waals surface area contributed by atoms with E-state index in [1.54, 1.807) is 0 Å². The maximum Gasteiger partial charge on any atom is 0.162 e. The Morgan fingerprint density at radius 2 is 1.42 bits per heavy atom. The molecule has 52 heavy (non-hydrogen) atoms. The van der Waals surface area contributed by atoms with Crippen molar-refractivity contribution in [1.82, 2.24) is 4.98 Å². The van der Waals surface area contributed by atoms with Gasteiger partial charge in [0.25, 0.3) is 0 Å². The number of carbonyl (C=O) groups is 1. The molecule has 1 aromatic heterocycles. The van der Waals surface area contributed by atoms with E-state index < -0.39 is 0 Å². The summed E-state index contributed by atoms with van der Waals surface area (Å²) < 4.78 is 0. The van der Waals surface area contributed by atoms with Gasteiger partial charge in [-0.3, -0.25) is 9.78 Å². The first kappa shape index (κ1) is 42.0. The third-order valence-corrected chi connectivity index (χ3v) is 12.6. The van der Waals surface area contributed by atoms with Crippen LogP contribution in [0.1, 0.15) is 123 Å². The van der Waals surface area contributed by atoms with Gasteiger partial charge in [0.2, 0.25) is 0 Å². The predicted octanol–water partition coefficient (Wildman–Crippen LogP) is 13.1. The van der Waals surface area contributed by atoms with Crippen molar-refractivity contribution in [2.24, 2.45) is 35.5 Å². The number of hydrogen-bond donors (Lipinski definition) is 1. The van der Waals surface area contributed by atoms with Crippen molar-refractivity contribution in [1.29, 1.82) is 0 Å². The van der Waals surface area contributed by atoms with Crippen LogP contribution in [0.25, 0.3) is 22.2 Å². The smallest absolute Gasteiger partial charge is 0.162 e. The van der Waals surface area contributed by atoms with Crippen LogP contribution >= 0.6 is 11.8 Å². The van der Waals surface area contributed by atoms with Crippen LogP contribution in [-0.4, -0.2) is 15.9 Å². The van der Waals surface area contributed by atoms with Gasteiger partial charge in [-0.2, -0.15) is 0 Å². The van der Waals surface area contributed by atoms with Crippen molar-refractivity contribution in [2.45, 2.75) is 117 Å². The molecule has 2 atom stereocenters. The summed E-state index contributed by atoms with van der Waals surface area (Å²) in [6, 6.07) is 27.9. The maximum absolute atomic E-state index is 12.3. The van der Waals surface area contributed by atoms with Crippen LogP contribution in [0.15, 0.2) is 83.5 Å². The van der Waals surface area contributed by atoms with Gasteiger partial charge in [0, 0.05) is 59.5 Å². The number of pyridine rings is 1. The molecule has 0 fully saturated rings. The summed E-state index contributed by atoms with van der Waals surface area (Å²) in [5.74, 6) is 2.11. The zero-order chi connectivity index (χ0) is 37.6. The number of thioether (sulfide) groups is 1. The Morgan fingerprint density at radius 1 is 0.846 bits per heavy atom. The van der Waals surface area contributed by atoms with Crippen LogP contribution in [0.3, 0.4) is 0 Å². The van der Waals surface area contributed by atoms with E-state index in [0.29, 0.717) is 34.8 Å². The van der Waals surface area contributed by atoms with Crippen LogP contribution in [0.2, 0.25) is 0 Å². The standard InChI is InChI=1S/C30H28NS.C17H32O2.Ir/c1-29(2,3)22-17-24(31-23-15-8-6-11-18(22)23)19-13-10-14-21-26(19)30(4,5)27-20-12-7-9-16-25(20)32-28(21)27;1-10(2)16(11(3)4)14(18)9-15(19)17(12(5)6)13(7)8;/h6-12,14-17,27-28H,1-5H3;9-13,16-18H,1-8H3;/q-1;;/b;14-9-;. The fraction of sp³-hybridized carbons (Fsp3) is 0.489. The van der Waals surface area contributed by atoms with E-state index >= 15 is 0 Å². The Morgan fingerprint density at radius 3 is 2.02 bits per heavy atom. The number of ketones is 1. The number of rotatable bonds is 8. The van der Waals surface area contributed by atoms with E-state index in [2.05, 4.69) is 163 Å². The molecular formula is C47H60IrNO2S-. The third-order valence-electron chi connectivity index (χ3n) is 11.2. The Hall–Kier alpha value is -2.72. The van der Waals surface area contributed by atoms with Crippen molar-refractivity contribution in [3.05, 3.63) is 107 Å². The van der Waals surface area contributed by atoms with Gasteiger partial charge in [-0.05, 0) is 63.5 Å². The summed E-state index contributed by atoms with van der Waals surface area (Å²) in [6.07, 6.45) is 1.48. The molecule has 1 aliphatic carbocycles. The van der Waals surface area contributed by atoms with Gasteiger partial charge in [0.1, 0.15) is 0 Å². The minimum absolute atomic E-state index is 0. The zero-order valence-electron chi connectivity index (χ0n) is 33.6. The van der Waals surface area contributed by atoms with E-state index in [-0.39, 0.29) is 54.3 Å². The summed E-state index contributed by atoms with van der Waals surface area (Å²) >= 11 is 2.03. The summed E-state index contributed by atoms with van der Waals surface area (Å²) in [4.78, 5) is 19.0. The molecule has 0 bridgehead atoms. The summed E-state index contributed by atoms with van der Waals surface area (Å²) in [6.45, 7) is 28.3. The molecule has 0 saturated carbocycles. The second-order valence-corrected chi connectivity index (χ2v) is 19.0. The average Bonchev–Trinajstić information content (AvgIpc) is 3.53. The minimum atomic E-state index is -0.0119. The number of benzene rings is 3. The third kappa shape index (κ3) is 8.18. The molecule has 2 heterocycles. The Balaban J connectivity index is 0.000000263. The quantitative estimate of drug-likeness (QED) is 0.109. The fourth-order valence-electron chi connectivity index (χ4n) is 9.17. The van der Waals surface area contributed by atoms with Gasteiger partial charge in [-0.15, -0.1) is 46.7 Å². The molecule has 2 unspecified atom stereocenters. The number of carbonyl (C=O) groups excluding carboxylic acids is 1. The van der Waals surface area contributed by atoms with E-state index in [0.717, 1.165) is 11.2 Å². The first-order valence-electron chi connectivity index (χ1n) is 19.0. The molecule has 0 amide bonds. The van der Waals surface area contributed by atoms with Crippen LogP contribution in [0.4, 0.5) is 0 Å². The Kier molecular flexibility index (Phi) is 13.2. The van der Waals surface area contributed by atoms with Crippen molar-refractivity contribution in [3.63, 3.8) is 0 Å². The van der Waals surface area contributed by atoms with Crippen molar-refractivity contribution >= 4 is 28.4 Å². The van der Waals surface area contributed by atoms with Crippen LogP contribution < -0.4 is 0 Å². The van der Waals surface area contributed by atoms with Gasteiger partial charge in [-0.25, -0.2) is 0 Å². The monoisotopic (exact) mass is 895 g/mol. The molecule has 0 spiro atoms. The number of para-hydroxylation sites is 1. The average molecular weight is 895 g/mol. The molecule has 3 nitrogen and oxygen atoms in total. The molecule has 1 N–H and O–H groups in total. The second kappa shape index (κ2) is 16.3. The first-order valence-corrected chi connectivity index (χ1v) is 19.9. The normalized spacial score (nSPS) is 17.8. The van der Waals surface area contributed by atoms with Gasteiger partial charge < -0.3 is 5.11 Å². The molecule has 6 rings (SSSR count). The van der Waals surface area contributed by atoms with E-state index in [9.17, 15) is 9.90 Å². The van der Waals surface area contributed by atoms with Crippen LogP contribution in [0.5, 0.6) is 0 Å². The first-order chi connectivity index (χ1) is 23.9. The number of hydrogen-bond acceptors (Lipinski definition) is 4. The molecule has 5 heteroatoms. The summed E-state index contributed by atoms with van der Waals surface area (Å²) in [5.41, 5.74) is 9.08. The second-order valence-electron chi connectivity index (χ2n) is 17.8. The van der Waals surface area contributed by atoms with Crippen molar-refractivity contribution < 1.29 is 30.0 Å². The molecule has 2 aliphatic rings. The maximum atomic E-state index is 12.3. The van der Waals surface area contributed by atoms with E-state index in [1.807, 2.05) is 11.8 Å². The van der Waals surface area contributed by atoms with Crippen molar-refractivity contribution in [2.75, 3.05) is 0 Å². The number of aromatic nitrogens is 1. The largest absolute Gasteiger partial charge is 0.512 e. The molecular weight excluding hydrogens is 835 g/mol. The van der Waals surface area contributed by atoms with Gasteiger partial charge in [0.05, 0.1) is 11.3 Å². The molecule has 281 valence electrons. The summed E-state index contributed by atoms with van der Waals surface area (Å²) in [7, 11) is 0. The number of fused-ring (bicyclic) bond motifs is 6. The molecule has 1 radical (unpaired) electrons. The van der Waals surface area contributed by atoms with Gasteiger partial charge in [0.15, 0.2) is 5.78 Å². The predicted molar refractivity (Wildman–Crippen MR) is 218 cm³/mol. The molecule has 1 aliphatic heterocycles. The Bertz CT molecular complexity index is 1900. The molecule has 4 aromatic rings. The van der Waals surface area contributed by atoms with Gasteiger partial charge in [-0.1, -0.05) is 132 Å². The van der Waals surface area contributed by atoms with E-state index in [1.165, 1.54) is 44.2 Å². The topological polar surface area (TPSA) is 50.2 Å². The number of aliphatic hydroxyl groups excluding tert-OH is 1. The minimum Gasteiger partial charge on any atom is -0.512 e.